The SMILES string of the molecule is NCCCCCC(=O)Nc1ccc(Cl)cc1Br. The minimum atomic E-state index is 0.0186. The van der Waals surface area contributed by atoms with Gasteiger partial charge in [0.25, 0.3) is 0 Å². The van der Waals surface area contributed by atoms with Crippen molar-refractivity contribution in [1.29, 1.82) is 0 Å². The normalized spacial score (nSPS) is 10.3. The molecule has 0 saturated heterocycles. The Balaban J connectivity index is 2.40. The molecular weight excluding hydrogens is 304 g/mol. The van der Waals surface area contributed by atoms with Crippen LogP contribution in [0, 0.1) is 0 Å². The molecular formula is C12H16BrClN2O. The first-order chi connectivity index (χ1) is 8.13. The number of rotatable bonds is 6. The van der Waals surface area contributed by atoms with Crippen molar-refractivity contribution >= 4 is 39.1 Å². The summed E-state index contributed by atoms with van der Waals surface area (Å²) in [5.74, 6) is 0.0186. The number of halogens is 2. The number of carbonyl (C=O) groups is 1. The number of benzene rings is 1. The summed E-state index contributed by atoms with van der Waals surface area (Å²) in [4.78, 5) is 11.6. The van der Waals surface area contributed by atoms with Gasteiger partial charge in [-0.15, -0.1) is 0 Å². The van der Waals surface area contributed by atoms with Crippen LogP contribution in [0.5, 0.6) is 0 Å². The molecule has 3 N–H and O–H groups in total. The van der Waals surface area contributed by atoms with E-state index in [0.29, 0.717) is 18.0 Å². The standard InChI is InChI=1S/C12H16BrClN2O/c13-10-8-9(14)5-6-11(10)16-12(17)4-2-1-3-7-15/h5-6,8H,1-4,7,15H2,(H,16,17). The van der Waals surface area contributed by atoms with Gasteiger partial charge in [-0.05, 0) is 53.5 Å². The molecule has 0 aliphatic carbocycles. The molecule has 17 heavy (non-hydrogen) atoms. The van der Waals surface area contributed by atoms with Gasteiger partial charge in [-0.1, -0.05) is 18.0 Å². The van der Waals surface area contributed by atoms with E-state index < -0.39 is 0 Å². The van der Waals surface area contributed by atoms with Crippen LogP contribution < -0.4 is 11.1 Å². The summed E-state index contributed by atoms with van der Waals surface area (Å²) in [6.45, 7) is 0.685. The van der Waals surface area contributed by atoms with Crippen molar-refractivity contribution in [3.63, 3.8) is 0 Å². The van der Waals surface area contributed by atoms with Crippen LogP contribution in [0.4, 0.5) is 5.69 Å². The van der Waals surface area contributed by atoms with Gasteiger partial charge >= 0.3 is 0 Å². The number of anilines is 1. The first-order valence-electron chi connectivity index (χ1n) is 5.58. The van der Waals surface area contributed by atoms with Crippen LogP contribution in [0.2, 0.25) is 5.02 Å². The second kappa shape index (κ2) is 7.69. The van der Waals surface area contributed by atoms with E-state index in [-0.39, 0.29) is 5.91 Å². The molecule has 0 bridgehead atoms. The highest BCUT2D eigenvalue weighted by Gasteiger charge is 2.05. The van der Waals surface area contributed by atoms with Crippen LogP contribution in [-0.4, -0.2) is 12.5 Å². The summed E-state index contributed by atoms with van der Waals surface area (Å²) < 4.78 is 0.792. The van der Waals surface area contributed by atoms with Crippen molar-refractivity contribution < 1.29 is 4.79 Å². The Bertz CT molecular complexity index is 385. The summed E-state index contributed by atoms with van der Waals surface area (Å²) in [5, 5.41) is 3.48. The molecule has 0 aromatic heterocycles. The van der Waals surface area contributed by atoms with Crippen LogP contribution in [0.15, 0.2) is 22.7 Å². The molecule has 0 aliphatic heterocycles. The van der Waals surface area contributed by atoms with E-state index in [0.717, 1.165) is 29.4 Å². The molecule has 5 heteroatoms. The summed E-state index contributed by atoms with van der Waals surface area (Å²) in [6.07, 6.45) is 3.35. The second-order valence-corrected chi connectivity index (χ2v) is 5.06. The molecule has 0 saturated carbocycles. The van der Waals surface area contributed by atoms with E-state index in [1.807, 2.05) is 0 Å². The molecule has 0 fully saturated rings. The van der Waals surface area contributed by atoms with Crippen LogP contribution in [0.25, 0.3) is 0 Å². The molecule has 3 nitrogen and oxygen atoms in total. The lowest BCUT2D eigenvalue weighted by Crippen LogP contribution is -2.11. The van der Waals surface area contributed by atoms with Gasteiger partial charge in [0.05, 0.1) is 5.69 Å². The minimum absolute atomic E-state index is 0.0186. The van der Waals surface area contributed by atoms with Gasteiger partial charge in [-0.25, -0.2) is 0 Å². The zero-order valence-corrected chi connectivity index (χ0v) is 11.9. The Hall–Kier alpha value is -0.580. The number of nitrogens with one attached hydrogen (secondary N) is 1. The van der Waals surface area contributed by atoms with Gasteiger partial charge in [-0.3, -0.25) is 4.79 Å². The highest BCUT2D eigenvalue weighted by Crippen LogP contribution is 2.26. The highest BCUT2D eigenvalue weighted by molar-refractivity contribution is 9.10. The number of carbonyl (C=O) groups excluding carboxylic acids is 1. The maximum atomic E-state index is 11.6. The molecule has 0 spiro atoms. The van der Waals surface area contributed by atoms with E-state index in [4.69, 9.17) is 17.3 Å². The summed E-state index contributed by atoms with van der Waals surface area (Å²) in [6, 6.07) is 5.28. The molecule has 0 atom stereocenters. The molecule has 1 aromatic carbocycles. The quantitative estimate of drug-likeness (QED) is 0.788. The molecule has 0 radical (unpaired) electrons. The van der Waals surface area contributed by atoms with Crippen molar-refractivity contribution in [2.24, 2.45) is 5.73 Å². The topological polar surface area (TPSA) is 55.1 Å². The Labute approximate surface area is 115 Å². The molecule has 1 rings (SSSR count). The second-order valence-electron chi connectivity index (χ2n) is 3.77. The number of amides is 1. The van der Waals surface area contributed by atoms with E-state index in [1.165, 1.54) is 0 Å². The lowest BCUT2D eigenvalue weighted by atomic mass is 10.2. The lowest BCUT2D eigenvalue weighted by Gasteiger charge is -2.07. The molecule has 0 heterocycles. The fourth-order valence-corrected chi connectivity index (χ4v) is 2.19. The third-order valence-electron chi connectivity index (χ3n) is 2.31. The van der Waals surface area contributed by atoms with Crippen LogP contribution >= 0.6 is 27.5 Å². The summed E-state index contributed by atoms with van der Waals surface area (Å²) in [5.41, 5.74) is 6.13. The predicted molar refractivity (Wildman–Crippen MR) is 75.3 cm³/mol. The van der Waals surface area contributed by atoms with E-state index in [2.05, 4.69) is 21.2 Å². The molecule has 0 unspecified atom stereocenters. The van der Waals surface area contributed by atoms with Gasteiger partial charge in [0, 0.05) is 15.9 Å². The lowest BCUT2D eigenvalue weighted by molar-refractivity contribution is -0.116. The van der Waals surface area contributed by atoms with Crippen molar-refractivity contribution in [2.75, 3.05) is 11.9 Å². The first kappa shape index (κ1) is 14.5. The monoisotopic (exact) mass is 318 g/mol. The van der Waals surface area contributed by atoms with Gasteiger partial charge < -0.3 is 11.1 Å². The summed E-state index contributed by atoms with van der Waals surface area (Å²) >= 11 is 9.17. The van der Waals surface area contributed by atoms with Crippen molar-refractivity contribution in [3.8, 4) is 0 Å². The smallest absolute Gasteiger partial charge is 0.224 e. The van der Waals surface area contributed by atoms with Gasteiger partial charge in [0.2, 0.25) is 5.91 Å². The van der Waals surface area contributed by atoms with Crippen LogP contribution in [-0.2, 0) is 4.79 Å². The van der Waals surface area contributed by atoms with Crippen molar-refractivity contribution in [1.82, 2.24) is 0 Å². The van der Waals surface area contributed by atoms with E-state index in [9.17, 15) is 4.79 Å². The van der Waals surface area contributed by atoms with E-state index in [1.54, 1.807) is 18.2 Å². The fraction of sp³-hybridized carbons (Fsp3) is 0.417. The molecule has 1 amide bonds. The number of unbranched alkanes of at least 4 members (excludes halogenated alkanes) is 2. The van der Waals surface area contributed by atoms with E-state index >= 15 is 0 Å². The van der Waals surface area contributed by atoms with Crippen LogP contribution in [0.1, 0.15) is 25.7 Å². The van der Waals surface area contributed by atoms with Gasteiger partial charge in [0.1, 0.15) is 0 Å². The fourth-order valence-electron chi connectivity index (χ4n) is 1.41. The molecule has 0 aliphatic rings. The van der Waals surface area contributed by atoms with Crippen molar-refractivity contribution in [3.05, 3.63) is 27.7 Å². The highest BCUT2D eigenvalue weighted by atomic mass is 79.9. The molecule has 94 valence electrons. The zero-order valence-electron chi connectivity index (χ0n) is 9.51. The maximum Gasteiger partial charge on any atom is 0.224 e. The third kappa shape index (κ3) is 5.52. The average Bonchev–Trinajstić information content (AvgIpc) is 2.28. The molecule has 1 aromatic rings. The first-order valence-corrected chi connectivity index (χ1v) is 6.75. The summed E-state index contributed by atoms with van der Waals surface area (Å²) in [7, 11) is 0. The van der Waals surface area contributed by atoms with Gasteiger partial charge in [0.15, 0.2) is 0 Å². The number of hydrogen-bond donors (Lipinski definition) is 2. The maximum absolute atomic E-state index is 11.6. The van der Waals surface area contributed by atoms with Gasteiger partial charge in [-0.2, -0.15) is 0 Å². The predicted octanol–water partition coefficient (Wildman–Crippen LogP) is 3.56. The Kier molecular flexibility index (Phi) is 6.55. The zero-order chi connectivity index (χ0) is 12.7. The van der Waals surface area contributed by atoms with Crippen LogP contribution in [0.3, 0.4) is 0 Å². The number of nitrogens with two attached hydrogens (primary N) is 1. The van der Waals surface area contributed by atoms with Crippen molar-refractivity contribution in [2.45, 2.75) is 25.7 Å². The Morgan fingerprint density at radius 2 is 2.12 bits per heavy atom. The largest absolute Gasteiger partial charge is 0.330 e. The minimum Gasteiger partial charge on any atom is -0.330 e. The Morgan fingerprint density at radius 1 is 1.35 bits per heavy atom. The Morgan fingerprint density at radius 3 is 2.76 bits per heavy atom. The number of hydrogen-bond acceptors (Lipinski definition) is 2. The third-order valence-corrected chi connectivity index (χ3v) is 3.20. The average molecular weight is 320 g/mol.